The van der Waals surface area contributed by atoms with Gasteiger partial charge in [0.25, 0.3) is 0 Å². The number of H-pyrrole nitrogens is 1. The van der Waals surface area contributed by atoms with Crippen LogP contribution < -0.4 is 0 Å². The maximum absolute atomic E-state index is 13.6. The lowest BCUT2D eigenvalue weighted by molar-refractivity contribution is -0.158. The highest BCUT2D eigenvalue weighted by Gasteiger charge is 2.47. The van der Waals surface area contributed by atoms with Gasteiger partial charge >= 0.3 is 0 Å². The molecule has 1 fully saturated rings. The number of carbonyl (C=O) groups is 2. The first-order valence-electron chi connectivity index (χ1n) is 11.5. The van der Waals surface area contributed by atoms with E-state index in [2.05, 4.69) is 24.0 Å². The summed E-state index contributed by atoms with van der Waals surface area (Å²) in [5, 5.41) is 1.78. The molecule has 2 atom stereocenters. The summed E-state index contributed by atoms with van der Waals surface area (Å²) in [6.45, 7) is 2.98. The van der Waals surface area contributed by atoms with Crippen molar-refractivity contribution >= 4 is 34.3 Å². The second-order valence-electron chi connectivity index (χ2n) is 8.86. The van der Waals surface area contributed by atoms with Crippen molar-refractivity contribution in [3.8, 4) is 0 Å². The summed E-state index contributed by atoms with van der Waals surface area (Å²) in [5.41, 5.74) is 4.13. The van der Waals surface area contributed by atoms with E-state index in [-0.39, 0.29) is 24.4 Å². The smallest absolute Gasteiger partial charge is 0.246 e. The van der Waals surface area contributed by atoms with E-state index >= 15 is 0 Å². The molecule has 0 aliphatic carbocycles. The number of hydrogen-bond donors (Lipinski definition) is 1. The molecule has 3 heterocycles. The molecule has 5 nitrogen and oxygen atoms in total. The molecule has 166 valence electrons. The number of halogens is 1. The SMILES string of the molecule is CCCCCCN1CC(=O)N2[C@H](c3ccc(Cl)cc3)c3[nH]c4ccccc4c3C[C@@H]2C1=O. The fourth-order valence-corrected chi connectivity index (χ4v) is 5.36. The van der Waals surface area contributed by atoms with Gasteiger partial charge in [-0.3, -0.25) is 9.59 Å². The minimum atomic E-state index is -0.477. The largest absolute Gasteiger partial charge is 0.356 e. The van der Waals surface area contributed by atoms with Crippen LogP contribution >= 0.6 is 11.6 Å². The lowest BCUT2D eigenvalue weighted by Crippen LogP contribution is -2.63. The molecule has 1 saturated heterocycles. The molecular formula is C26H28ClN3O2. The zero-order chi connectivity index (χ0) is 22.2. The number of piperazine rings is 1. The van der Waals surface area contributed by atoms with Gasteiger partial charge in [0.05, 0.1) is 12.6 Å². The standard InChI is InChI=1S/C26H28ClN3O2/c1-2-3-4-7-14-29-16-23(31)30-22(26(29)32)15-20-19-8-5-6-9-21(19)28-24(20)25(30)17-10-12-18(27)13-11-17/h5-6,8-13,22,25,28H,2-4,7,14-16H2,1H3/t22-,25-/m1/s1. The van der Waals surface area contributed by atoms with Crippen molar-refractivity contribution in [2.75, 3.05) is 13.1 Å². The summed E-state index contributed by atoms with van der Waals surface area (Å²) in [6, 6.07) is 15.0. The highest BCUT2D eigenvalue weighted by atomic mass is 35.5. The van der Waals surface area contributed by atoms with Gasteiger partial charge in [0, 0.05) is 34.6 Å². The van der Waals surface area contributed by atoms with Crippen LogP contribution in [-0.4, -0.2) is 45.7 Å². The van der Waals surface area contributed by atoms with Gasteiger partial charge in [0.2, 0.25) is 11.8 Å². The van der Waals surface area contributed by atoms with Crippen molar-refractivity contribution < 1.29 is 9.59 Å². The second kappa shape index (κ2) is 8.62. The number of amides is 2. The Morgan fingerprint density at radius 3 is 2.59 bits per heavy atom. The molecule has 32 heavy (non-hydrogen) atoms. The summed E-state index contributed by atoms with van der Waals surface area (Å²) < 4.78 is 0. The molecule has 2 aliphatic rings. The lowest BCUT2D eigenvalue weighted by atomic mass is 9.86. The Hall–Kier alpha value is -2.79. The van der Waals surface area contributed by atoms with E-state index in [9.17, 15) is 9.59 Å². The van der Waals surface area contributed by atoms with Gasteiger partial charge in [0.15, 0.2) is 0 Å². The predicted molar refractivity (Wildman–Crippen MR) is 127 cm³/mol. The Balaban J connectivity index is 1.56. The molecule has 0 unspecified atom stereocenters. The van der Waals surface area contributed by atoms with Crippen molar-refractivity contribution in [2.45, 2.75) is 51.1 Å². The van der Waals surface area contributed by atoms with Crippen LogP contribution in [0.3, 0.4) is 0 Å². The number of hydrogen-bond acceptors (Lipinski definition) is 2. The number of rotatable bonds is 6. The van der Waals surface area contributed by atoms with Crippen LogP contribution in [-0.2, 0) is 16.0 Å². The van der Waals surface area contributed by atoms with E-state index in [1.165, 1.54) is 0 Å². The second-order valence-corrected chi connectivity index (χ2v) is 9.29. The van der Waals surface area contributed by atoms with Gasteiger partial charge in [-0.05, 0) is 35.7 Å². The van der Waals surface area contributed by atoms with Crippen LogP contribution in [0.15, 0.2) is 48.5 Å². The Morgan fingerprint density at radius 2 is 1.81 bits per heavy atom. The molecule has 0 bridgehead atoms. The fourth-order valence-electron chi connectivity index (χ4n) is 5.23. The molecular weight excluding hydrogens is 422 g/mol. The van der Waals surface area contributed by atoms with Gasteiger partial charge in [-0.15, -0.1) is 0 Å². The van der Waals surface area contributed by atoms with Crippen molar-refractivity contribution in [2.24, 2.45) is 0 Å². The third kappa shape index (κ3) is 3.58. The molecule has 0 saturated carbocycles. The van der Waals surface area contributed by atoms with Gasteiger partial charge in [-0.2, -0.15) is 0 Å². The molecule has 0 spiro atoms. The molecule has 2 aromatic carbocycles. The normalized spacial score (nSPS) is 20.6. The van der Waals surface area contributed by atoms with Crippen LogP contribution in [0.25, 0.3) is 10.9 Å². The Bertz CT molecular complexity index is 1150. The number of benzene rings is 2. The Morgan fingerprint density at radius 1 is 1.03 bits per heavy atom. The van der Waals surface area contributed by atoms with Crippen molar-refractivity contribution in [1.29, 1.82) is 0 Å². The first-order valence-corrected chi connectivity index (χ1v) is 11.9. The summed E-state index contributed by atoms with van der Waals surface area (Å²) in [5.74, 6) is 0.0744. The fraction of sp³-hybridized carbons (Fsp3) is 0.385. The number of fused-ring (bicyclic) bond motifs is 4. The number of aromatic nitrogens is 1. The summed E-state index contributed by atoms with van der Waals surface area (Å²) in [4.78, 5) is 34.2. The van der Waals surface area contributed by atoms with E-state index in [4.69, 9.17) is 11.6 Å². The van der Waals surface area contributed by atoms with E-state index in [0.717, 1.165) is 53.4 Å². The van der Waals surface area contributed by atoms with Gasteiger partial charge < -0.3 is 14.8 Å². The molecule has 1 aromatic heterocycles. The van der Waals surface area contributed by atoms with Gasteiger partial charge in [0.1, 0.15) is 6.04 Å². The van der Waals surface area contributed by atoms with E-state index in [0.29, 0.717) is 18.0 Å². The number of carbonyl (C=O) groups excluding carboxylic acids is 2. The summed E-state index contributed by atoms with van der Waals surface area (Å²) >= 11 is 6.15. The van der Waals surface area contributed by atoms with E-state index < -0.39 is 6.04 Å². The van der Waals surface area contributed by atoms with Crippen LogP contribution in [0.1, 0.15) is 55.5 Å². The Kier molecular flexibility index (Phi) is 5.68. The van der Waals surface area contributed by atoms with Crippen molar-refractivity contribution in [3.05, 3.63) is 70.4 Å². The zero-order valence-electron chi connectivity index (χ0n) is 18.3. The third-order valence-corrected chi connectivity index (χ3v) is 7.06. The molecule has 0 radical (unpaired) electrons. The number of nitrogens with zero attached hydrogens (tertiary/aromatic N) is 2. The topological polar surface area (TPSA) is 56.4 Å². The summed E-state index contributed by atoms with van der Waals surface area (Å²) in [7, 11) is 0. The van der Waals surface area contributed by atoms with Crippen LogP contribution in [0.5, 0.6) is 0 Å². The first kappa shape index (κ1) is 21.1. The van der Waals surface area contributed by atoms with E-state index in [1.54, 1.807) is 4.90 Å². The predicted octanol–water partition coefficient (Wildman–Crippen LogP) is 5.09. The maximum atomic E-state index is 13.6. The maximum Gasteiger partial charge on any atom is 0.246 e. The summed E-state index contributed by atoms with van der Waals surface area (Å²) in [6.07, 6.45) is 4.87. The zero-order valence-corrected chi connectivity index (χ0v) is 19.1. The number of aromatic amines is 1. The molecule has 2 amide bonds. The Labute approximate surface area is 193 Å². The molecule has 5 rings (SSSR count). The molecule has 3 aromatic rings. The van der Waals surface area contributed by atoms with Crippen molar-refractivity contribution in [3.63, 3.8) is 0 Å². The number of para-hydroxylation sites is 1. The quantitative estimate of drug-likeness (QED) is 0.533. The lowest BCUT2D eigenvalue weighted by Gasteiger charge is -2.47. The average Bonchev–Trinajstić information content (AvgIpc) is 3.17. The minimum Gasteiger partial charge on any atom is -0.356 e. The van der Waals surface area contributed by atoms with Gasteiger partial charge in [-0.1, -0.05) is 68.1 Å². The average molecular weight is 450 g/mol. The highest BCUT2D eigenvalue weighted by Crippen LogP contribution is 2.42. The number of unbranched alkanes of at least 4 members (excludes halogenated alkanes) is 3. The monoisotopic (exact) mass is 449 g/mol. The highest BCUT2D eigenvalue weighted by molar-refractivity contribution is 6.30. The van der Waals surface area contributed by atoms with Gasteiger partial charge in [-0.25, -0.2) is 0 Å². The van der Waals surface area contributed by atoms with Crippen LogP contribution in [0, 0.1) is 0 Å². The van der Waals surface area contributed by atoms with Crippen LogP contribution in [0.2, 0.25) is 5.02 Å². The first-order chi connectivity index (χ1) is 15.6. The van der Waals surface area contributed by atoms with Crippen molar-refractivity contribution in [1.82, 2.24) is 14.8 Å². The molecule has 6 heteroatoms. The van der Waals surface area contributed by atoms with E-state index in [1.807, 2.05) is 41.3 Å². The molecule has 2 aliphatic heterocycles. The molecule has 1 N–H and O–H groups in total. The third-order valence-electron chi connectivity index (χ3n) is 6.81. The van der Waals surface area contributed by atoms with Crippen LogP contribution in [0.4, 0.5) is 0 Å². The minimum absolute atomic E-state index is 0.00866. The number of nitrogens with one attached hydrogen (secondary N) is 1.